The molecule has 1 aromatic heterocycles. The molecule has 0 fully saturated rings. The van der Waals surface area contributed by atoms with Crippen molar-refractivity contribution in [2.45, 2.75) is 6.54 Å². The molecule has 0 radical (unpaired) electrons. The van der Waals surface area contributed by atoms with Gasteiger partial charge >= 0.3 is 0 Å². The number of amides is 1. The van der Waals surface area contributed by atoms with Gasteiger partial charge in [0.1, 0.15) is 0 Å². The molecule has 0 saturated heterocycles. The van der Waals surface area contributed by atoms with E-state index in [0.29, 0.717) is 6.54 Å². The Balaban J connectivity index is 2.22. The summed E-state index contributed by atoms with van der Waals surface area (Å²) in [6.45, 7) is 0.406. The van der Waals surface area contributed by atoms with Gasteiger partial charge in [0.25, 0.3) is 11.6 Å². The van der Waals surface area contributed by atoms with Crippen LogP contribution in [0.4, 0.5) is 11.4 Å². The van der Waals surface area contributed by atoms with Crippen LogP contribution in [0.15, 0.2) is 33.4 Å². The molecule has 1 heterocycles. The first-order valence-electron chi connectivity index (χ1n) is 5.91. The normalized spacial score (nSPS) is 10.4. The van der Waals surface area contributed by atoms with Crippen molar-refractivity contribution in [3.05, 3.63) is 54.7 Å². The molecule has 1 aromatic carbocycles. The van der Waals surface area contributed by atoms with Crippen LogP contribution < -0.4 is 5.73 Å². The molecule has 0 aliphatic carbocycles. The molecule has 0 spiro atoms. The highest BCUT2D eigenvalue weighted by Gasteiger charge is 2.19. The third-order valence-corrected chi connectivity index (χ3v) is 4.42. The maximum atomic E-state index is 12.4. The second-order valence-electron chi connectivity index (χ2n) is 4.45. The van der Waals surface area contributed by atoms with Crippen molar-refractivity contribution in [1.29, 1.82) is 0 Å². The van der Waals surface area contributed by atoms with Gasteiger partial charge < -0.3 is 10.6 Å². The van der Waals surface area contributed by atoms with E-state index in [2.05, 4.69) is 15.9 Å². The Hall–Kier alpha value is -1.93. The molecule has 0 unspecified atom stereocenters. The highest BCUT2D eigenvalue weighted by atomic mass is 79.9. The van der Waals surface area contributed by atoms with Crippen molar-refractivity contribution < 1.29 is 9.72 Å². The SMILES string of the molecule is CN(Cc1csc(Br)c1)C(=O)c1cc([N+](=O)[O-])ccc1N. The lowest BCUT2D eigenvalue weighted by atomic mass is 10.1. The summed E-state index contributed by atoms with van der Waals surface area (Å²) in [5.41, 5.74) is 6.94. The highest BCUT2D eigenvalue weighted by molar-refractivity contribution is 9.11. The monoisotopic (exact) mass is 369 g/mol. The minimum Gasteiger partial charge on any atom is -0.398 e. The first-order valence-corrected chi connectivity index (χ1v) is 7.58. The lowest BCUT2D eigenvalue weighted by molar-refractivity contribution is -0.384. The minimum absolute atomic E-state index is 0.140. The average molecular weight is 370 g/mol. The molecule has 2 aromatic rings. The first kappa shape index (κ1) is 15.5. The Labute approximate surface area is 133 Å². The fourth-order valence-electron chi connectivity index (χ4n) is 1.82. The van der Waals surface area contributed by atoms with Gasteiger partial charge in [-0.15, -0.1) is 11.3 Å². The van der Waals surface area contributed by atoms with Crippen LogP contribution >= 0.6 is 27.3 Å². The lowest BCUT2D eigenvalue weighted by Crippen LogP contribution is -2.26. The molecule has 6 nitrogen and oxygen atoms in total. The second kappa shape index (κ2) is 6.23. The van der Waals surface area contributed by atoms with E-state index in [4.69, 9.17) is 5.73 Å². The van der Waals surface area contributed by atoms with Crippen LogP contribution in [0.1, 0.15) is 15.9 Å². The summed E-state index contributed by atoms with van der Waals surface area (Å²) in [6.07, 6.45) is 0. The maximum Gasteiger partial charge on any atom is 0.270 e. The Morgan fingerprint density at radius 3 is 2.76 bits per heavy atom. The van der Waals surface area contributed by atoms with E-state index in [1.54, 1.807) is 7.05 Å². The number of rotatable bonds is 4. The molecule has 2 N–H and O–H groups in total. The summed E-state index contributed by atoms with van der Waals surface area (Å²) in [5, 5.41) is 12.7. The number of nitro groups is 1. The number of benzene rings is 1. The zero-order valence-corrected chi connectivity index (χ0v) is 13.5. The number of hydrogen-bond donors (Lipinski definition) is 1. The molecular weight excluding hydrogens is 358 g/mol. The number of nitrogens with zero attached hydrogens (tertiary/aromatic N) is 2. The van der Waals surface area contributed by atoms with E-state index in [9.17, 15) is 14.9 Å². The van der Waals surface area contributed by atoms with Crippen LogP contribution in [0.2, 0.25) is 0 Å². The van der Waals surface area contributed by atoms with Gasteiger partial charge in [-0.05, 0) is 39.0 Å². The van der Waals surface area contributed by atoms with Gasteiger partial charge in [0.05, 0.1) is 14.3 Å². The Morgan fingerprint density at radius 2 is 2.19 bits per heavy atom. The summed E-state index contributed by atoms with van der Waals surface area (Å²) < 4.78 is 0.980. The number of nitro benzene ring substituents is 1. The quantitative estimate of drug-likeness (QED) is 0.508. The molecular formula is C13H12BrN3O3S. The van der Waals surface area contributed by atoms with Gasteiger partial charge in [0.15, 0.2) is 0 Å². The van der Waals surface area contributed by atoms with Gasteiger partial charge in [0.2, 0.25) is 0 Å². The molecule has 8 heteroatoms. The summed E-state index contributed by atoms with van der Waals surface area (Å²) in [5.74, 6) is -0.349. The molecule has 2 rings (SSSR count). The van der Waals surface area contributed by atoms with Crippen LogP contribution in [-0.2, 0) is 6.54 Å². The number of hydrogen-bond acceptors (Lipinski definition) is 5. The number of carbonyl (C=O) groups is 1. The number of nitrogen functional groups attached to an aromatic ring is 1. The standard InChI is InChI=1S/C13H12BrN3O3S/c1-16(6-8-4-12(14)21-7-8)13(18)10-5-9(17(19)20)2-3-11(10)15/h2-5,7H,6,15H2,1H3. The lowest BCUT2D eigenvalue weighted by Gasteiger charge is -2.17. The summed E-state index contributed by atoms with van der Waals surface area (Å²) in [7, 11) is 1.63. The molecule has 0 aliphatic heterocycles. The van der Waals surface area contributed by atoms with E-state index in [0.717, 1.165) is 9.35 Å². The van der Waals surface area contributed by atoms with Crippen molar-refractivity contribution in [3.63, 3.8) is 0 Å². The first-order chi connectivity index (χ1) is 9.88. The van der Waals surface area contributed by atoms with E-state index in [1.165, 1.54) is 34.4 Å². The zero-order valence-electron chi connectivity index (χ0n) is 11.1. The Morgan fingerprint density at radius 1 is 1.48 bits per heavy atom. The third-order valence-electron chi connectivity index (χ3n) is 2.87. The number of non-ortho nitro benzene ring substituents is 1. The summed E-state index contributed by atoms with van der Waals surface area (Å²) in [4.78, 5) is 24.1. The van der Waals surface area contributed by atoms with Gasteiger partial charge in [-0.3, -0.25) is 14.9 Å². The van der Waals surface area contributed by atoms with E-state index in [1.807, 2.05) is 11.4 Å². The zero-order chi connectivity index (χ0) is 15.6. The highest BCUT2D eigenvalue weighted by Crippen LogP contribution is 2.24. The molecule has 21 heavy (non-hydrogen) atoms. The topological polar surface area (TPSA) is 89.5 Å². The Bertz CT molecular complexity index is 702. The van der Waals surface area contributed by atoms with Crippen LogP contribution in [0, 0.1) is 10.1 Å². The van der Waals surface area contributed by atoms with Crippen molar-refractivity contribution in [2.24, 2.45) is 0 Å². The number of nitrogens with two attached hydrogens (primary N) is 1. The Kier molecular flexibility index (Phi) is 4.59. The largest absolute Gasteiger partial charge is 0.398 e. The molecule has 110 valence electrons. The summed E-state index contributed by atoms with van der Waals surface area (Å²) >= 11 is 4.89. The molecule has 0 bridgehead atoms. The second-order valence-corrected chi connectivity index (χ2v) is 6.74. The third kappa shape index (κ3) is 3.59. The predicted molar refractivity (Wildman–Crippen MR) is 85.3 cm³/mol. The number of anilines is 1. The van der Waals surface area contributed by atoms with Crippen molar-refractivity contribution >= 4 is 44.5 Å². The maximum absolute atomic E-state index is 12.4. The van der Waals surface area contributed by atoms with Crippen LogP contribution in [0.5, 0.6) is 0 Å². The van der Waals surface area contributed by atoms with Gasteiger partial charge in [0, 0.05) is 31.4 Å². The summed E-state index contributed by atoms with van der Waals surface area (Å²) in [6, 6.07) is 5.78. The predicted octanol–water partition coefficient (Wildman–Crippen LogP) is 3.27. The van der Waals surface area contributed by atoms with E-state index in [-0.39, 0.29) is 22.8 Å². The number of halogens is 1. The van der Waals surface area contributed by atoms with Crippen LogP contribution in [0.3, 0.4) is 0 Å². The minimum atomic E-state index is -0.549. The van der Waals surface area contributed by atoms with Gasteiger partial charge in [-0.1, -0.05) is 0 Å². The van der Waals surface area contributed by atoms with Crippen molar-refractivity contribution in [1.82, 2.24) is 4.90 Å². The number of carbonyl (C=O) groups excluding carboxylic acids is 1. The molecule has 0 aliphatic rings. The van der Waals surface area contributed by atoms with Gasteiger partial charge in [-0.2, -0.15) is 0 Å². The van der Waals surface area contributed by atoms with Crippen molar-refractivity contribution in [2.75, 3.05) is 12.8 Å². The number of thiophene rings is 1. The van der Waals surface area contributed by atoms with E-state index >= 15 is 0 Å². The fourth-order valence-corrected chi connectivity index (χ4v) is 3.02. The van der Waals surface area contributed by atoms with Crippen LogP contribution in [-0.4, -0.2) is 22.8 Å². The smallest absolute Gasteiger partial charge is 0.270 e. The molecule has 1 amide bonds. The fraction of sp³-hybridized carbons (Fsp3) is 0.154. The van der Waals surface area contributed by atoms with Gasteiger partial charge in [-0.25, -0.2) is 0 Å². The molecule has 0 atom stereocenters. The molecule has 0 saturated carbocycles. The van der Waals surface area contributed by atoms with Crippen LogP contribution in [0.25, 0.3) is 0 Å². The van der Waals surface area contributed by atoms with E-state index < -0.39 is 4.92 Å². The average Bonchev–Trinajstić information content (AvgIpc) is 2.83. The van der Waals surface area contributed by atoms with Crippen molar-refractivity contribution in [3.8, 4) is 0 Å².